The average molecular weight is 237 g/mol. The Balaban J connectivity index is 2.24. The summed E-state index contributed by atoms with van der Waals surface area (Å²) < 4.78 is 5.77. The summed E-state index contributed by atoms with van der Waals surface area (Å²) in [7, 11) is 0. The van der Waals surface area contributed by atoms with Crippen LogP contribution in [-0.4, -0.2) is 41.5 Å². The molecule has 2 heterocycles. The van der Waals surface area contributed by atoms with Gasteiger partial charge in [0.05, 0.1) is 35.9 Å². The highest BCUT2D eigenvalue weighted by atomic mass is 16.5. The van der Waals surface area contributed by atoms with Gasteiger partial charge in [0, 0.05) is 19.3 Å². The van der Waals surface area contributed by atoms with Crippen LogP contribution in [0.1, 0.15) is 13.8 Å². The van der Waals surface area contributed by atoms with E-state index >= 15 is 0 Å². The van der Waals surface area contributed by atoms with E-state index in [1.807, 2.05) is 19.9 Å². The maximum atomic E-state index is 9.26. The number of nitrogens with two attached hydrogens (primary N) is 1. The summed E-state index contributed by atoms with van der Waals surface area (Å²) in [6.45, 7) is 5.44. The summed E-state index contributed by atoms with van der Waals surface area (Å²) in [6, 6.07) is 1.89. The van der Waals surface area contributed by atoms with Gasteiger partial charge < -0.3 is 20.5 Å². The van der Waals surface area contributed by atoms with E-state index in [4.69, 9.17) is 10.5 Å². The monoisotopic (exact) mass is 237 g/mol. The number of morpholine rings is 1. The number of anilines is 2. The van der Waals surface area contributed by atoms with E-state index in [0.717, 1.165) is 12.2 Å². The van der Waals surface area contributed by atoms with Crippen LogP contribution >= 0.6 is 0 Å². The summed E-state index contributed by atoms with van der Waals surface area (Å²) in [5.41, 5.74) is 7.24. The number of ether oxygens (including phenoxy) is 1. The molecule has 0 amide bonds. The Morgan fingerprint density at radius 3 is 3.06 bits per heavy atom. The number of nitrogen functional groups attached to an aromatic ring is 1. The lowest BCUT2D eigenvalue weighted by Crippen LogP contribution is -2.54. The van der Waals surface area contributed by atoms with Crippen LogP contribution in [0.15, 0.2) is 18.5 Å². The van der Waals surface area contributed by atoms with E-state index in [2.05, 4.69) is 9.88 Å². The second-order valence-corrected chi connectivity index (χ2v) is 5.00. The Morgan fingerprint density at radius 1 is 1.65 bits per heavy atom. The minimum Gasteiger partial charge on any atom is -0.396 e. The molecule has 94 valence electrons. The quantitative estimate of drug-likeness (QED) is 0.790. The van der Waals surface area contributed by atoms with Crippen LogP contribution < -0.4 is 10.6 Å². The topological polar surface area (TPSA) is 71.6 Å². The van der Waals surface area contributed by atoms with Gasteiger partial charge in [0.15, 0.2) is 0 Å². The smallest absolute Gasteiger partial charge is 0.0988 e. The van der Waals surface area contributed by atoms with Crippen molar-refractivity contribution >= 4 is 11.4 Å². The summed E-state index contributed by atoms with van der Waals surface area (Å²) in [6.07, 6.45) is 3.19. The second-order valence-electron chi connectivity index (χ2n) is 5.00. The van der Waals surface area contributed by atoms with Crippen molar-refractivity contribution in [2.75, 3.05) is 30.3 Å². The summed E-state index contributed by atoms with van der Waals surface area (Å²) in [4.78, 5) is 6.12. The maximum absolute atomic E-state index is 9.26. The highest BCUT2D eigenvalue weighted by Crippen LogP contribution is 2.28. The molecule has 1 aliphatic rings. The first kappa shape index (κ1) is 12.1. The van der Waals surface area contributed by atoms with Gasteiger partial charge in [-0.2, -0.15) is 0 Å². The van der Waals surface area contributed by atoms with Crippen molar-refractivity contribution in [3.05, 3.63) is 18.5 Å². The fourth-order valence-electron chi connectivity index (χ4n) is 2.26. The van der Waals surface area contributed by atoms with Crippen molar-refractivity contribution in [2.24, 2.45) is 0 Å². The predicted molar refractivity (Wildman–Crippen MR) is 66.9 cm³/mol. The number of rotatable bonds is 2. The first-order valence-electron chi connectivity index (χ1n) is 5.75. The summed E-state index contributed by atoms with van der Waals surface area (Å²) in [5, 5.41) is 9.26. The molecule has 0 aromatic carbocycles. The largest absolute Gasteiger partial charge is 0.396 e. The first-order chi connectivity index (χ1) is 8.02. The predicted octanol–water partition coefficient (Wildman–Crippen LogP) is 0.640. The van der Waals surface area contributed by atoms with Gasteiger partial charge in [-0.1, -0.05) is 0 Å². The molecule has 2 rings (SSSR count). The van der Waals surface area contributed by atoms with Gasteiger partial charge in [-0.15, -0.1) is 0 Å². The highest BCUT2D eigenvalue weighted by molar-refractivity contribution is 5.66. The third-order valence-electron chi connectivity index (χ3n) is 2.85. The van der Waals surface area contributed by atoms with E-state index in [9.17, 15) is 5.11 Å². The minimum atomic E-state index is -0.290. The van der Waals surface area contributed by atoms with Crippen molar-refractivity contribution in [1.29, 1.82) is 0 Å². The number of pyridine rings is 1. The van der Waals surface area contributed by atoms with Crippen LogP contribution in [0.2, 0.25) is 0 Å². The van der Waals surface area contributed by atoms with E-state index in [1.54, 1.807) is 12.4 Å². The molecular weight excluding hydrogens is 218 g/mol. The molecule has 0 bridgehead atoms. The lowest BCUT2D eigenvalue weighted by molar-refractivity contribution is -0.100. The fourth-order valence-corrected chi connectivity index (χ4v) is 2.26. The molecule has 5 heteroatoms. The van der Waals surface area contributed by atoms with Crippen LogP contribution in [0.4, 0.5) is 11.4 Å². The van der Waals surface area contributed by atoms with Crippen LogP contribution in [0, 0.1) is 0 Å². The van der Waals surface area contributed by atoms with Gasteiger partial charge in [0.2, 0.25) is 0 Å². The third-order valence-corrected chi connectivity index (χ3v) is 2.85. The summed E-state index contributed by atoms with van der Waals surface area (Å²) in [5.74, 6) is 0. The molecule has 1 aromatic heterocycles. The van der Waals surface area contributed by atoms with Crippen molar-refractivity contribution in [3.63, 3.8) is 0 Å². The number of nitrogens with zero attached hydrogens (tertiary/aromatic N) is 2. The molecule has 5 nitrogen and oxygen atoms in total. The zero-order valence-electron chi connectivity index (χ0n) is 10.3. The van der Waals surface area contributed by atoms with Gasteiger partial charge in [0.25, 0.3) is 0 Å². The lowest BCUT2D eigenvalue weighted by Gasteiger charge is -2.43. The first-order valence-corrected chi connectivity index (χ1v) is 5.75. The second kappa shape index (κ2) is 4.50. The van der Waals surface area contributed by atoms with Crippen LogP contribution in [0.25, 0.3) is 0 Å². The van der Waals surface area contributed by atoms with Crippen molar-refractivity contribution in [3.8, 4) is 0 Å². The molecule has 17 heavy (non-hydrogen) atoms. The molecule has 0 aliphatic carbocycles. The Kier molecular flexibility index (Phi) is 3.22. The van der Waals surface area contributed by atoms with E-state index in [0.29, 0.717) is 12.2 Å². The van der Waals surface area contributed by atoms with Gasteiger partial charge in [-0.25, -0.2) is 0 Å². The summed E-state index contributed by atoms with van der Waals surface area (Å²) >= 11 is 0. The van der Waals surface area contributed by atoms with Crippen LogP contribution in [-0.2, 0) is 4.74 Å². The molecule has 1 unspecified atom stereocenters. The number of aromatic nitrogens is 1. The van der Waals surface area contributed by atoms with Crippen molar-refractivity contribution < 1.29 is 9.84 Å². The number of aliphatic hydroxyl groups is 1. The lowest BCUT2D eigenvalue weighted by atomic mass is 10.0. The molecule has 1 aliphatic heterocycles. The minimum absolute atomic E-state index is 0.0188. The number of hydrogen-bond acceptors (Lipinski definition) is 5. The van der Waals surface area contributed by atoms with Crippen molar-refractivity contribution in [1.82, 2.24) is 4.98 Å². The highest BCUT2D eigenvalue weighted by Gasteiger charge is 2.33. The Labute approximate surface area is 101 Å². The van der Waals surface area contributed by atoms with Gasteiger partial charge in [0.1, 0.15) is 0 Å². The zero-order valence-corrected chi connectivity index (χ0v) is 10.3. The molecule has 1 fully saturated rings. The SMILES string of the molecule is CC1(C)CN(c2ccncc2N)CC(CO)O1. The zero-order chi connectivity index (χ0) is 12.5. The van der Waals surface area contributed by atoms with Crippen LogP contribution in [0.3, 0.4) is 0 Å². The van der Waals surface area contributed by atoms with Gasteiger partial charge in [-0.3, -0.25) is 4.98 Å². The molecule has 0 radical (unpaired) electrons. The molecule has 0 spiro atoms. The Morgan fingerprint density at radius 2 is 2.41 bits per heavy atom. The maximum Gasteiger partial charge on any atom is 0.0988 e. The number of aliphatic hydroxyl groups excluding tert-OH is 1. The van der Waals surface area contributed by atoms with E-state index in [-0.39, 0.29) is 18.3 Å². The fraction of sp³-hybridized carbons (Fsp3) is 0.583. The average Bonchev–Trinajstić information content (AvgIpc) is 2.27. The van der Waals surface area contributed by atoms with Crippen LogP contribution in [0.5, 0.6) is 0 Å². The molecule has 0 saturated carbocycles. The molecular formula is C12H19N3O2. The third kappa shape index (κ3) is 2.68. The van der Waals surface area contributed by atoms with E-state index < -0.39 is 0 Å². The van der Waals surface area contributed by atoms with E-state index in [1.165, 1.54) is 0 Å². The molecule has 1 saturated heterocycles. The Bertz CT molecular complexity index is 395. The van der Waals surface area contributed by atoms with Crippen molar-refractivity contribution in [2.45, 2.75) is 25.6 Å². The molecule has 3 N–H and O–H groups in total. The molecule has 1 atom stereocenters. The standard InChI is InChI=1S/C12H19N3O2/c1-12(2)8-15(6-9(7-16)17-12)11-3-4-14-5-10(11)13/h3-5,9,16H,6-8,13H2,1-2H3. The Hall–Kier alpha value is -1.33. The normalized spacial score (nSPS) is 23.7. The van der Waals surface area contributed by atoms with Gasteiger partial charge >= 0.3 is 0 Å². The number of hydrogen-bond donors (Lipinski definition) is 2. The molecule has 1 aromatic rings. The van der Waals surface area contributed by atoms with Gasteiger partial charge in [-0.05, 0) is 19.9 Å².